The molecule has 0 bridgehead atoms. The van der Waals surface area contributed by atoms with Gasteiger partial charge in [0.15, 0.2) is 5.03 Å². The fourth-order valence-electron chi connectivity index (χ4n) is 7.70. The number of carbonyl (C=O) groups excluding carboxylic acids is 5. The van der Waals surface area contributed by atoms with Crippen LogP contribution in [0.3, 0.4) is 0 Å². The standard InChI is InChI=1S/C38H59N7O7S/c1-8-21-40-34(48)32(46)26-18-14-12-10-9-11-13-15-19-27(35(49)45-23-25-30(38(25,5)6)31(45)33(47)41-26)42-36(50)43-28(37(2,3)4)24-44(7)53(51,52)29-20-16-17-22-39-29/h8,16-17,20,22,25-28,30-31H,1,9-15,18-19,21,23-24H2,2-7H3,(H,40,48)(H,41,47)(H2,42,43,50)/t25?,26-,27-,28+,30-,31-/m0/s1. The van der Waals surface area contributed by atoms with E-state index in [0.717, 1.165) is 36.4 Å². The fraction of sp³-hybridized carbons (Fsp3) is 0.684. The van der Waals surface area contributed by atoms with Gasteiger partial charge >= 0.3 is 6.03 Å². The summed E-state index contributed by atoms with van der Waals surface area (Å²) >= 11 is 0. The molecule has 1 saturated carbocycles. The van der Waals surface area contributed by atoms with Gasteiger partial charge in [-0.25, -0.2) is 18.2 Å². The Kier molecular flexibility index (Phi) is 13.9. The Labute approximate surface area is 314 Å². The monoisotopic (exact) mass is 757 g/mol. The number of amides is 5. The number of hydrogen-bond acceptors (Lipinski definition) is 8. The molecule has 53 heavy (non-hydrogen) atoms. The Morgan fingerprint density at radius 3 is 2.32 bits per heavy atom. The zero-order valence-corrected chi connectivity index (χ0v) is 33.0. The van der Waals surface area contributed by atoms with Crippen LogP contribution in [0.5, 0.6) is 0 Å². The summed E-state index contributed by atoms with van der Waals surface area (Å²) in [5.41, 5.74) is -0.778. The molecule has 1 aliphatic carbocycles. The number of urea groups is 1. The molecule has 0 radical (unpaired) electrons. The van der Waals surface area contributed by atoms with Crippen molar-refractivity contribution < 1.29 is 32.4 Å². The van der Waals surface area contributed by atoms with Crippen molar-refractivity contribution in [1.82, 2.24) is 35.5 Å². The van der Waals surface area contributed by atoms with E-state index in [4.69, 9.17) is 0 Å². The van der Waals surface area contributed by atoms with Gasteiger partial charge in [-0.15, -0.1) is 6.58 Å². The molecule has 15 heteroatoms. The van der Waals surface area contributed by atoms with Gasteiger partial charge in [-0.05, 0) is 47.6 Å². The quantitative estimate of drug-likeness (QED) is 0.207. The molecule has 3 fully saturated rings. The number of hydrogen-bond donors (Lipinski definition) is 4. The number of Topliss-reactive ketones (excluding diaryl/α,β-unsaturated/α-hetero) is 1. The molecule has 5 amide bonds. The van der Waals surface area contributed by atoms with Crippen molar-refractivity contribution in [2.75, 3.05) is 26.7 Å². The number of nitrogens with one attached hydrogen (secondary N) is 4. The van der Waals surface area contributed by atoms with Crippen LogP contribution >= 0.6 is 0 Å². The molecule has 4 rings (SSSR count). The van der Waals surface area contributed by atoms with Crippen molar-refractivity contribution in [3.8, 4) is 0 Å². The highest BCUT2D eigenvalue weighted by molar-refractivity contribution is 7.89. The summed E-state index contributed by atoms with van der Waals surface area (Å²) in [7, 11) is -2.50. The first-order valence-corrected chi connectivity index (χ1v) is 20.3. The highest BCUT2D eigenvalue weighted by atomic mass is 32.2. The summed E-state index contributed by atoms with van der Waals surface area (Å²) in [4.78, 5) is 73.8. The van der Waals surface area contributed by atoms with Crippen LogP contribution in [0.15, 0.2) is 42.1 Å². The number of likely N-dealkylation sites (N-methyl/N-ethyl adjacent to an activating group) is 1. The van der Waals surface area contributed by atoms with Gasteiger partial charge in [0.25, 0.3) is 15.9 Å². The van der Waals surface area contributed by atoms with Gasteiger partial charge in [-0.1, -0.05) is 91.7 Å². The van der Waals surface area contributed by atoms with E-state index in [2.05, 4.69) is 46.7 Å². The predicted molar refractivity (Wildman–Crippen MR) is 201 cm³/mol. The van der Waals surface area contributed by atoms with E-state index in [0.29, 0.717) is 32.2 Å². The number of carbonyl (C=O) groups is 5. The Morgan fingerprint density at radius 1 is 1.08 bits per heavy atom. The number of rotatable bonds is 10. The molecule has 4 N–H and O–H groups in total. The molecule has 3 aliphatic rings. The van der Waals surface area contributed by atoms with E-state index in [1.165, 1.54) is 25.4 Å². The molecule has 1 aromatic rings. The first-order chi connectivity index (χ1) is 24.9. The third-order valence-corrected chi connectivity index (χ3v) is 13.0. The maximum Gasteiger partial charge on any atom is 0.315 e. The molecule has 6 atom stereocenters. The third-order valence-electron chi connectivity index (χ3n) is 11.2. The first-order valence-electron chi connectivity index (χ1n) is 18.9. The van der Waals surface area contributed by atoms with E-state index in [9.17, 15) is 32.4 Å². The van der Waals surface area contributed by atoms with Crippen LogP contribution in [0.1, 0.15) is 92.4 Å². The topological polar surface area (TPSA) is 187 Å². The molecule has 2 saturated heterocycles. The van der Waals surface area contributed by atoms with Crippen LogP contribution < -0.4 is 21.3 Å². The minimum atomic E-state index is -3.94. The lowest BCUT2D eigenvalue weighted by Gasteiger charge is -2.36. The predicted octanol–water partition coefficient (Wildman–Crippen LogP) is 3.15. The van der Waals surface area contributed by atoms with Gasteiger partial charge in [0.2, 0.25) is 17.6 Å². The van der Waals surface area contributed by atoms with Crippen molar-refractivity contribution in [2.45, 2.75) is 122 Å². The molecule has 1 unspecified atom stereocenters. The van der Waals surface area contributed by atoms with Crippen LogP contribution in [0, 0.1) is 22.7 Å². The van der Waals surface area contributed by atoms with Gasteiger partial charge in [0.05, 0.1) is 6.04 Å². The van der Waals surface area contributed by atoms with Crippen LogP contribution in [0.25, 0.3) is 0 Å². The second-order valence-corrected chi connectivity index (χ2v) is 18.4. The number of nitrogens with zero attached hydrogens (tertiary/aromatic N) is 3. The van der Waals surface area contributed by atoms with Crippen molar-refractivity contribution in [2.24, 2.45) is 22.7 Å². The van der Waals surface area contributed by atoms with Crippen molar-refractivity contribution in [1.29, 1.82) is 0 Å². The zero-order chi connectivity index (χ0) is 39.1. The summed E-state index contributed by atoms with van der Waals surface area (Å²) in [5, 5.41) is 11.1. The second kappa shape index (κ2) is 17.5. The van der Waals surface area contributed by atoms with Crippen molar-refractivity contribution in [3.05, 3.63) is 37.1 Å². The summed E-state index contributed by atoms with van der Waals surface area (Å²) in [6, 6.07) is 0.505. The summed E-state index contributed by atoms with van der Waals surface area (Å²) in [6.45, 7) is 13.8. The molecule has 1 aromatic heterocycles. The van der Waals surface area contributed by atoms with E-state index in [1.807, 2.05) is 20.8 Å². The largest absolute Gasteiger partial charge is 0.346 e. The number of piperidine rings is 1. The zero-order valence-electron chi connectivity index (χ0n) is 32.2. The lowest BCUT2D eigenvalue weighted by Crippen LogP contribution is -2.60. The van der Waals surface area contributed by atoms with Gasteiger partial charge in [-0.3, -0.25) is 19.2 Å². The number of aromatic nitrogens is 1. The van der Waals surface area contributed by atoms with Gasteiger partial charge < -0.3 is 26.2 Å². The first kappa shape index (κ1) is 41.9. The van der Waals surface area contributed by atoms with Crippen LogP contribution in [0.2, 0.25) is 0 Å². The van der Waals surface area contributed by atoms with Crippen LogP contribution in [-0.4, -0.2) is 103 Å². The minimum Gasteiger partial charge on any atom is -0.346 e. The van der Waals surface area contributed by atoms with Gasteiger partial charge in [-0.2, -0.15) is 4.31 Å². The molecule has 0 spiro atoms. The van der Waals surface area contributed by atoms with E-state index >= 15 is 0 Å². The smallest absolute Gasteiger partial charge is 0.315 e. The average Bonchev–Trinajstić information content (AvgIpc) is 3.40. The Hall–Kier alpha value is -3.85. The maximum absolute atomic E-state index is 14.4. The van der Waals surface area contributed by atoms with Crippen molar-refractivity contribution in [3.63, 3.8) is 0 Å². The van der Waals surface area contributed by atoms with Crippen LogP contribution in [0.4, 0.5) is 4.79 Å². The average molecular weight is 758 g/mol. The fourth-order valence-corrected chi connectivity index (χ4v) is 8.81. The Morgan fingerprint density at radius 2 is 1.72 bits per heavy atom. The number of fused-ring (bicyclic) bond motifs is 3. The second-order valence-electron chi connectivity index (χ2n) is 16.4. The highest BCUT2D eigenvalue weighted by Gasteiger charge is 2.69. The summed E-state index contributed by atoms with van der Waals surface area (Å²) in [6.07, 6.45) is 9.39. The maximum atomic E-state index is 14.4. The Bertz CT molecular complexity index is 1610. The normalized spacial score (nSPS) is 26.0. The lowest BCUT2D eigenvalue weighted by molar-refractivity contribution is -0.144. The van der Waals surface area contributed by atoms with Crippen LogP contribution in [-0.2, 0) is 29.2 Å². The SMILES string of the molecule is C=CCNC(=O)C(=O)[C@@H]1CCCCCCCCC[C@H](NC(=O)N[C@H](CN(C)S(=O)(=O)c2ccccn2)C(C)(C)C)C(=O)N2CC3[C@@H]([C@H]2C(=O)N1)C3(C)C. The molecular formula is C38H59N7O7S. The molecule has 294 valence electrons. The lowest BCUT2D eigenvalue weighted by atomic mass is 9.86. The highest BCUT2D eigenvalue weighted by Crippen LogP contribution is 2.65. The molecule has 0 aromatic carbocycles. The molecule has 3 heterocycles. The van der Waals surface area contributed by atoms with E-state index in [1.54, 1.807) is 17.0 Å². The van der Waals surface area contributed by atoms with E-state index in [-0.39, 0.29) is 41.3 Å². The number of pyridine rings is 1. The van der Waals surface area contributed by atoms with Crippen molar-refractivity contribution >= 4 is 39.6 Å². The number of ketones is 1. The summed E-state index contributed by atoms with van der Waals surface area (Å²) in [5.74, 6) is -2.47. The minimum absolute atomic E-state index is 0.0489. The third kappa shape index (κ3) is 10.2. The van der Waals surface area contributed by atoms with Gasteiger partial charge in [0, 0.05) is 38.9 Å². The summed E-state index contributed by atoms with van der Waals surface area (Å²) < 4.78 is 27.7. The Balaban J connectivity index is 1.55. The molecule has 14 nitrogen and oxygen atoms in total. The molecule has 2 aliphatic heterocycles. The van der Waals surface area contributed by atoms with E-state index < -0.39 is 63.2 Å². The molecular weight excluding hydrogens is 699 g/mol. The van der Waals surface area contributed by atoms with Gasteiger partial charge in [0.1, 0.15) is 12.1 Å². The number of sulfonamides is 1.